The number of hydrogen-bond donors (Lipinski definition) is 6. The number of aromatic nitrogens is 2. The Bertz CT molecular complexity index is 2960. The molecule has 4 saturated heterocycles. The highest BCUT2D eigenvalue weighted by Gasteiger charge is 2.49. The predicted octanol–water partition coefficient (Wildman–Crippen LogP) is 9.57. The zero-order valence-electron chi connectivity index (χ0n) is 57.1. The molecule has 5 heterocycles. The maximum absolute atomic E-state index is 13.9. The highest BCUT2D eigenvalue weighted by atomic mass is 19.1. The molecule has 518 valence electrons. The number of nitrogens with zero attached hydrogens (tertiary/aromatic N) is 5. The fourth-order valence-corrected chi connectivity index (χ4v) is 15.6. The minimum atomic E-state index is -1.05. The van der Waals surface area contributed by atoms with E-state index in [0.29, 0.717) is 107 Å². The normalized spacial score (nSPS) is 25.5. The summed E-state index contributed by atoms with van der Waals surface area (Å²) in [5, 5.41) is 29.6. The average Bonchev–Trinajstić information content (AvgIpc) is 0.813. The Morgan fingerprint density at radius 1 is 0.596 bits per heavy atom. The minimum absolute atomic E-state index is 0.0226. The third-order valence-electron chi connectivity index (χ3n) is 22.0. The first-order chi connectivity index (χ1) is 44.8. The standard InChI is InChI=1S/C31H46FN3O3.C28H41FN4O3.C8H14O2.C6H6N2O2/c1-21-18-28(34(4)20-22(21)2)29(37)33-27(19-24-10-12-26(32)13-11-24)30(38)35-16-14-31(15-17-35,23(3)36)25-8-6-5-7-9-25;1-19-17-31-25(18-30-19)26(35)32-24(16-21-8-10-23(29)11-9-21)27(36)33-14-12-28(13-15-33,20(2)34)22-6-4-3-5-7-22;1-6-2-4-7(5-3-6)8(9)10;1-4-2-8-5(3-7-4)6(9)10/h10-13,21-22,25,27-28H,5-9,14-20H2,1-4H3,(H,33,37);8-11,19,22,24-25,30-31H,3-7,12-18H2,1-2H3,(H,32,35);6-7H,2-5H2,1H3,(H,9,10);2-3H,1H3,(H,9,10)/t21?,22?,27-,28?;19?,24-,25?;;/m11../s1. The van der Waals surface area contributed by atoms with Crippen LogP contribution in [-0.4, -0.2) is 165 Å². The van der Waals surface area contributed by atoms with Crippen molar-refractivity contribution in [1.29, 1.82) is 0 Å². The van der Waals surface area contributed by atoms with Gasteiger partial charge in [-0.25, -0.2) is 18.6 Å². The number of carbonyl (C=O) groups is 8. The van der Waals surface area contributed by atoms with E-state index in [9.17, 15) is 47.1 Å². The Labute approximate surface area is 555 Å². The van der Waals surface area contributed by atoms with Gasteiger partial charge in [-0.05, 0) is 183 Å². The Kier molecular flexibility index (Phi) is 28.2. The molecule has 0 bridgehead atoms. The lowest BCUT2D eigenvalue weighted by atomic mass is 9.62. The van der Waals surface area contributed by atoms with Gasteiger partial charge in [-0.2, -0.15) is 0 Å². The van der Waals surface area contributed by atoms with Gasteiger partial charge in [0, 0.05) is 81.7 Å². The molecular weight excluding hydrogens is 1200 g/mol. The number of aryl methyl sites for hydroxylation is 1. The van der Waals surface area contributed by atoms with E-state index in [1.807, 2.05) is 23.8 Å². The number of carboxylic acid groups (broad SMARTS) is 2. The number of carboxylic acids is 2. The number of likely N-dealkylation sites (N-methyl/N-ethyl adjacent to an activating group) is 1. The van der Waals surface area contributed by atoms with Crippen LogP contribution < -0.4 is 21.3 Å². The lowest BCUT2D eigenvalue weighted by Gasteiger charge is -2.47. The third kappa shape index (κ3) is 20.7. The lowest BCUT2D eigenvalue weighted by Crippen LogP contribution is -2.62. The smallest absolute Gasteiger partial charge is 0.356 e. The zero-order valence-corrected chi connectivity index (χ0v) is 57.1. The van der Waals surface area contributed by atoms with E-state index in [-0.39, 0.29) is 81.4 Å². The number of likely N-dealkylation sites (tertiary alicyclic amines) is 3. The van der Waals surface area contributed by atoms with E-state index in [1.165, 1.54) is 75.2 Å². The van der Waals surface area contributed by atoms with E-state index in [0.717, 1.165) is 81.4 Å². The number of amides is 4. The van der Waals surface area contributed by atoms with Gasteiger partial charge in [-0.15, -0.1) is 0 Å². The number of aliphatic carboxylic acids is 1. The first-order valence-corrected chi connectivity index (χ1v) is 34.9. The second-order valence-electron chi connectivity index (χ2n) is 28.6. The quantitative estimate of drug-likeness (QED) is 0.0780. The fraction of sp³-hybridized carbons (Fsp3) is 0.671. The van der Waals surface area contributed by atoms with Gasteiger partial charge in [0.15, 0.2) is 5.69 Å². The molecule has 0 radical (unpaired) electrons. The number of Topliss-reactive ketones (excluding diaryl/α,β-unsaturated/α-hetero) is 2. The molecule has 6 N–H and O–H groups in total. The van der Waals surface area contributed by atoms with E-state index in [1.54, 1.807) is 45.0 Å². The van der Waals surface area contributed by atoms with Gasteiger partial charge in [0.2, 0.25) is 23.6 Å². The molecule has 7 atom stereocenters. The van der Waals surface area contributed by atoms with Crippen LogP contribution in [0, 0.1) is 64.9 Å². The molecule has 4 aliphatic heterocycles. The molecule has 7 fully saturated rings. The molecule has 19 nitrogen and oxygen atoms in total. The van der Waals surface area contributed by atoms with Crippen molar-refractivity contribution in [1.82, 2.24) is 45.9 Å². The fourth-order valence-electron chi connectivity index (χ4n) is 15.6. The Morgan fingerprint density at radius 3 is 1.45 bits per heavy atom. The van der Waals surface area contributed by atoms with Crippen molar-refractivity contribution >= 4 is 47.1 Å². The van der Waals surface area contributed by atoms with Crippen molar-refractivity contribution in [3.8, 4) is 0 Å². The van der Waals surface area contributed by atoms with Gasteiger partial charge in [0.25, 0.3) is 0 Å². The summed E-state index contributed by atoms with van der Waals surface area (Å²) in [4.78, 5) is 114. The first-order valence-electron chi connectivity index (χ1n) is 34.9. The van der Waals surface area contributed by atoms with Crippen molar-refractivity contribution in [2.45, 2.75) is 214 Å². The number of ketones is 2. The number of carbonyl (C=O) groups excluding carboxylic acids is 6. The molecule has 3 aliphatic carbocycles. The number of benzene rings is 2. The van der Waals surface area contributed by atoms with Crippen LogP contribution in [0.4, 0.5) is 8.78 Å². The number of rotatable bonds is 16. The van der Waals surface area contributed by atoms with Crippen LogP contribution in [0.1, 0.15) is 191 Å². The van der Waals surface area contributed by atoms with Gasteiger partial charge in [0.05, 0.1) is 29.9 Å². The van der Waals surface area contributed by atoms with E-state index < -0.39 is 30.1 Å². The molecule has 3 aromatic rings. The van der Waals surface area contributed by atoms with Crippen LogP contribution in [0.5, 0.6) is 0 Å². The highest BCUT2D eigenvalue weighted by Crippen LogP contribution is 2.48. The summed E-state index contributed by atoms with van der Waals surface area (Å²) in [6.07, 6.45) is 22.3. The Balaban J connectivity index is 0.000000205. The van der Waals surface area contributed by atoms with Gasteiger partial charge < -0.3 is 41.3 Å². The summed E-state index contributed by atoms with van der Waals surface area (Å²) in [6, 6.07) is 10.3. The Morgan fingerprint density at radius 2 is 1.05 bits per heavy atom. The molecule has 0 spiro atoms. The maximum Gasteiger partial charge on any atom is 0.356 e. The van der Waals surface area contributed by atoms with Crippen LogP contribution in [0.15, 0.2) is 60.9 Å². The molecule has 7 aliphatic rings. The number of piperazine rings is 1. The van der Waals surface area contributed by atoms with E-state index in [4.69, 9.17) is 10.2 Å². The van der Waals surface area contributed by atoms with Gasteiger partial charge in [0.1, 0.15) is 35.3 Å². The molecule has 3 saturated carbocycles. The van der Waals surface area contributed by atoms with Crippen molar-refractivity contribution in [2.75, 3.05) is 52.9 Å². The van der Waals surface area contributed by atoms with E-state index in [2.05, 4.69) is 56.9 Å². The number of piperidine rings is 3. The number of aromatic carboxylic acids is 1. The average molecular weight is 1310 g/mol. The zero-order chi connectivity index (χ0) is 68.3. The number of nitrogens with one attached hydrogen (secondary N) is 4. The van der Waals surface area contributed by atoms with Crippen molar-refractivity contribution in [3.05, 3.63) is 95.1 Å². The molecule has 94 heavy (non-hydrogen) atoms. The number of halogens is 2. The summed E-state index contributed by atoms with van der Waals surface area (Å²) in [5.74, 6) is 0.0726. The van der Waals surface area contributed by atoms with Crippen LogP contribution in [0.3, 0.4) is 0 Å². The highest BCUT2D eigenvalue weighted by molar-refractivity contribution is 5.92. The topological polar surface area (TPSA) is 261 Å². The predicted molar refractivity (Wildman–Crippen MR) is 356 cm³/mol. The Hall–Kier alpha value is -6.58. The van der Waals surface area contributed by atoms with Crippen molar-refractivity contribution < 1.29 is 57.4 Å². The minimum Gasteiger partial charge on any atom is -0.481 e. The molecule has 1 aromatic heterocycles. The van der Waals surface area contributed by atoms with Gasteiger partial charge in [-0.3, -0.25) is 43.4 Å². The SMILES string of the molecule is CC(=O)C1(C2CCCCC2)CCN(C(=O)[C@@H](Cc2ccc(F)cc2)NC(=O)C2CC(C)C(C)CN2C)CC1.CC(=O)C1(C2CCCCC2)CCN(C(=O)[C@@H](Cc2ccc(F)cc2)NC(=O)C2CNC(C)CN2)CC1.CC1CCC(C(=O)O)CC1.Cc1cnc(C(=O)O)cn1. The van der Waals surface area contributed by atoms with Crippen LogP contribution in [-0.2, 0) is 46.4 Å². The van der Waals surface area contributed by atoms with Gasteiger partial charge >= 0.3 is 11.9 Å². The van der Waals surface area contributed by atoms with Gasteiger partial charge in [-0.1, -0.05) is 83.6 Å². The van der Waals surface area contributed by atoms with Crippen LogP contribution in [0.25, 0.3) is 0 Å². The number of hydrogen-bond acceptors (Lipinski definition) is 13. The molecule has 10 rings (SSSR count). The molecule has 21 heteroatoms. The second kappa shape index (κ2) is 35.4. The largest absolute Gasteiger partial charge is 0.481 e. The summed E-state index contributed by atoms with van der Waals surface area (Å²) in [7, 11) is 1.97. The third-order valence-corrected chi connectivity index (χ3v) is 22.0. The van der Waals surface area contributed by atoms with Crippen molar-refractivity contribution in [3.63, 3.8) is 0 Å². The molecule has 4 amide bonds. The molecule has 2 aromatic carbocycles. The molecular formula is C73H107F2N9O10. The van der Waals surface area contributed by atoms with Crippen LogP contribution in [0.2, 0.25) is 0 Å². The van der Waals surface area contributed by atoms with E-state index >= 15 is 0 Å². The summed E-state index contributed by atoms with van der Waals surface area (Å²) in [5.41, 5.74) is 1.62. The van der Waals surface area contributed by atoms with Crippen molar-refractivity contribution in [2.24, 2.45) is 46.3 Å². The first kappa shape index (κ1) is 74.8. The molecule has 5 unspecified atom stereocenters. The summed E-state index contributed by atoms with van der Waals surface area (Å²) in [6.45, 7) is 17.9. The summed E-state index contributed by atoms with van der Waals surface area (Å²) < 4.78 is 27.0. The maximum atomic E-state index is 13.9. The van der Waals surface area contributed by atoms with Crippen LogP contribution >= 0.6 is 0 Å². The lowest BCUT2D eigenvalue weighted by molar-refractivity contribution is -0.145. The second-order valence-corrected chi connectivity index (χ2v) is 28.6. The monoisotopic (exact) mass is 1310 g/mol. The summed E-state index contributed by atoms with van der Waals surface area (Å²) >= 11 is 0.